The summed E-state index contributed by atoms with van der Waals surface area (Å²) in [5.74, 6) is 0.173. The van der Waals surface area contributed by atoms with Crippen LogP contribution in [0.4, 0.5) is 5.69 Å². The van der Waals surface area contributed by atoms with Gasteiger partial charge in [-0.3, -0.25) is 9.59 Å². The molecule has 1 aliphatic carbocycles. The Kier molecular flexibility index (Phi) is 7.76. The number of hydrogen-bond donors (Lipinski definition) is 1. The van der Waals surface area contributed by atoms with Crippen molar-refractivity contribution in [3.63, 3.8) is 0 Å². The minimum Gasteiger partial charge on any atom is -0.497 e. The zero-order valence-electron chi connectivity index (χ0n) is 20.3. The summed E-state index contributed by atoms with van der Waals surface area (Å²) in [6, 6.07) is 12.5. The molecule has 35 heavy (non-hydrogen) atoms. The van der Waals surface area contributed by atoms with Crippen molar-refractivity contribution in [1.82, 2.24) is 9.21 Å². The van der Waals surface area contributed by atoms with E-state index in [9.17, 15) is 18.0 Å². The molecule has 0 spiro atoms. The minimum atomic E-state index is -3.63. The van der Waals surface area contributed by atoms with Gasteiger partial charge in [0.2, 0.25) is 15.9 Å². The summed E-state index contributed by atoms with van der Waals surface area (Å²) in [5.41, 5.74) is 1.00. The SMILES string of the molecule is COc1ccc(NC(=O)C2CCCN2C(=O)c2ccc(S(=O)(=O)N(C)C3CCCCC3)cc2)cc1. The molecule has 1 aliphatic heterocycles. The first-order valence-corrected chi connectivity index (χ1v) is 13.6. The maximum Gasteiger partial charge on any atom is 0.254 e. The number of amides is 2. The van der Waals surface area contributed by atoms with Gasteiger partial charge in [0, 0.05) is 30.9 Å². The van der Waals surface area contributed by atoms with Crippen LogP contribution in [-0.4, -0.2) is 62.2 Å². The van der Waals surface area contributed by atoms with E-state index in [1.165, 1.54) is 16.4 Å². The first-order valence-electron chi connectivity index (χ1n) is 12.2. The fraction of sp³-hybridized carbons (Fsp3) is 0.462. The summed E-state index contributed by atoms with van der Waals surface area (Å²) < 4.78 is 32.8. The number of hydrogen-bond acceptors (Lipinski definition) is 5. The number of sulfonamides is 1. The minimum absolute atomic E-state index is 0.0182. The van der Waals surface area contributed by atoms with Crippen molar-refractivity contribution in [1.29, 1.82) is 0 Å². The molecular formula is C26H33N3O5S. The number of nitrogens with one attached hydrogen (secondary N) is 1. The topological polar surface area (TPSA) is 96.0 Å². The van der Waals surface area contributed by atoms with Crippen molar-refractivity contribution in [2.45, 2.75) is 61.9 Å². The molecule has 188 valence electrons. The van der Waals surface area contributed by atoms with Gasteiger partial charge in [-0.05, 0) is 74.2 Å². The number of carbonyl (C=O) groups is 2. The molecule has 0 aromatic heterocycles. The van der Waals surface area contributed by atoms with Crippen LogP contribution in [0.5, 0.6) is 5.75 Å². The highest BCUT2D eigenvalue weighted by atomic mass is 32.2. The van der Waals surface area contributed by atoms with Gasteiger partial charge in [0.15, 0.2) is 0 Å². The van der Waals surface area contributed by atoms with Crippen molar-refractivity contribution in [2.24, 2.45) is 0 Å². The molecule has 8 nitrogen and oxygen atoms in total. The van der Waals surface area contributed by atoms with Crippen LogP contribution >= 0.6 is 0 Å². The third-order valence-corrected chi connectivity index (χ3v) is 8.97. The number of benzene rings is 2. The smallest absolute Gasteiger partial charge is 0.254 e. The largest absolute Gasteiger partial charge is 0.497 e. The van der Waals surface area contributed by atoms with Gasteiger partial charge >= 0.3 is 0 Å². The standard InChI is InChI=1S/C26H33N3O5S/c1-28(21-7-4-3-5-8-21)35(32,33)23-16-10-19(11-17-23)26(31)29-18-6-9-24(29)25(30)27-20-12-14-22(34-2)15-13-20/h10-17,21,24H,3-9,18H2,1-2H3,(H,27,30). The number of anilines is 1. The molecule has 1 heterocycles. The molecule has 1 saturated heterocycles. The van der Waals surface area contributed by atoms with Gasteiger partial charge in [-0.2, -0.15) is 4.31 Å². The second kappa shape index (κ2) is 10.8. The summed E-state index contributed by atoms with van der Waals surface area (Å²) in [6.45, 7) is 0.476. The Bertz CT molecular complexity index is 1140. The van der Waals surface area contributed by atoms with Gasteiger partial charge in [-0.1, -0.05) is 19.3 Å². The van der Waals surface area contributed by atoms with E-state index < -0.39 is 16.1 Å². The summed E-state index contributed by atoms with van der Waals surface area (Å²) in [6.07, 6.45) is 6.29. The van der Waals surface area contributed by atoms with Crippen LogP contribution in [0.25, 0.3) is 0 Å². The summed E-state index contributed by atoms with van der Waals surface area (Å²) in [7, 11) is -0.413. The predicted molar refractivity (Wildman–Crippen MR) is 134 cm³/mol. The van der Waals surface area contributed by atoms with Crippen molar-refractivity contribution < 1.29 is 22.7 Å². The molecular weight excluding hydrogens is 466 g/mol. The quantitative estimate of drug-likeness (QED) is 0.624. The number of carbonyl (C=O) groups excluding carboxylic acids is 2. The van der Waals surface area contributed by atoms with E-state index in [2.05, 4.69) is 5.32 Å². The highest BCUT2D eigenvalue weighted by Gasteiger charge is 2.35. The molecule has 1 atom stereocenters. The third kappa shape index (κ3) is 5.51. The average Bonchev–Trinajstić information content (AvgIpc) is 3.39. The van der Waals surface area contributed by atoms with Crippen LogP contribution in [0.2, 0.25) is 0 Å². The van der Waals surface area contributed by atoms with Crippen LogP contribution < -0.4 is 10.1 Å². The zero-order chi connectivity index (χ0) is 25.0. The Morgan fingerprint density at radius 3 is 2.23 bits per heavy atom. The molecule has 1 N–H and O–H groups in total. The van der Waals surface area contributed by atoms with E-state index >= 15 is 0 Å². The van der Waals surface area contributed by atoms with Crippen LogP contribution in [0.1, 0.15) is 55.3 Å². The van der Waals surface area contributed by atoms with Gasteiger partial charge in [-0.25, -0.2) is 8.42 Å². The molecule has 1 unspecified atom stereocenters. The van der Waals surface area contributed by atoms with Crippen molar-refractivity contribution in [3.05, 3.63) is 54.1 Å². The van der Waals surface area contributed by atoms with E-state index in [1.54, 1.807) is 55.5 Å². The lowest BCUT2D eigenvalue weighted by Gasteiger charge is -2.30. The fourth-order valence-electron chi connectivity index (χ4n) is 4.92. The van der Waals surface area contributed by atoms with E-state index in [0.717, 1.165) is 38.5 Å². The van der Waals surface area contributed by atoms with Crippen molar-refractivity contribution in [2.75, 3.05) is 26.0 Å². The Labute approximate surface area is 207 Å². The average molecular weight is 500 g/mol. The molecule has 2 fully saturated rings. The molecule has 4 rings (SSSR count). The molecule has 2 aromatic rings. The number of likely N-dealkylation sites (tertiary alicyclic amines) is 1. The lowest BCUT2D eigenvalue weighted by Crippen LogP contribution is -2.43. The van der Waals surface area contributed by atoms with Crippen LogP contribution in [0.3, 0.4) is 0 Å². The van der Waals surface area contributed by atoms with Gasteiger partial charge in [0.05, 0.1) is 12.0 Å². The lowest BCUT2D eigenvalue weighted by atomic mass is 9.96. The van der Waals surface area contributed by atoms with Gasteiger partial charge in [0.25, 0.3) is 5.91 Å². The molecule has 2 amide bonds. The fourth-order valence-corrected chi connectivity index (χ4v) is 6.34. The molecule has 0 bridgehead atoms. The number of nitrogens with zero attached hydrogens (tertiary/aromatic N) is 2. The van der Waals surface area contributed by atoms with E-state index in [0.29, 0.717) is 30.0 Å². The molecule has 2 aromatic carbocycles. The molecule has 1 saturated carbocycles. The normalized spacial score (nSPS) is 19.1. The Morgan fingerprint density at radius 1 is 0.943 bits per heavy atom. The van der Waals surface area contributed by atoms with Gasteiger partial charge in [-0.15, -0.1) is 0 Å². The summed E-state index contributed by atoms with van der Waals surface area (Å²) in [4.78, 5) is 27.9. The van der Waals surface area contributed by atoms with Crippen LogP contribution in [-0.2, 0) is 14.8 Å². The van der Waals surface area contributed by atoms with E-state index in [-0.39, 0.29) is 22.8 Å². The first kappa shape index (κ1) is 25.2. The number of methoxy groups -OCH3 is 1. The second-order valence-electron chi connectivity index (χ2n) is 9.21. The molecule has 0 radical (unpaired) electrons. The summed E-state index contributed by atoms with van der Waals surface area (Å²) >= 11 is 0. The van der Waals surface area contributed by atoms with Gasteiger partial charge < -0.3 is 15.0 Å². The monoisotopic (exact) mass is 499 g/mol. The maximum absolute atomic E-state index is 13.2. The molecule has 9 heteroatoms. The highest BCUT2D eigenvalue weighted by Crippen LogP contribution is 2.27. The zero-order valence-corrected chi connectivity index (χ0v) is 21.1. The second-order valence-corrected chi connectivity index (χ2v) is 11.2. The highest BCUT2D eigenvalue weighted by molar-refractivity contribution is 7.89. The molecule has 2 aliphatic rings. The first-order chi connectivity index (χ1) is 16.8. The van der Waals surface area contributed by atoms with Gasteiger partial charge in [0.1, 0.15) is 11.8 Å². The predicted octanol–water partition coefficient (Wildman–Crippen LogP) is 3.89. The van der Waals surface area contributed by atoms with Crippen LogP contribution in [0, 0.1) is 0 Å². The third-order valence-electron chi connectivity index (χ3n) is 7.04. The van der Waals surface area contributed by atoms with Crippen molar-refractivity contribution in [3.8, 4) is 5.75 Å². The number of rotatable bonds is 7. The Morgan fingerprint density at radius 2 is 1.60 bits per heavy atom. The van der Waals surface area contributed by atoms with Crippen LogP contribution in [0.15, 0.2) is 53.4 Å². The Hall–Kier alpha value is -2.91. The lowest BCUT2D eigenvalue weighted by molar-refractivity contribution is -0.119. The van der Waals surface area contributed by atoms with E-state index in [4.69, 9.17) is 4.74 Å². The number of ether oxygens (including phenoxy) is 1. The van der Waals surface area contributed by atoms with E-state index in [1.807, 2.05) is 0 Å². The summed E-state index contributed by atoms with van der Waals surface area (Å²) in [5, 5.41) is 2.87. The Balaban J connectivity index is 1.43. The van der Waals surface area contributed by atoms with Crippen molar-refractivity contribution >= 4 is 27.5 Å². The maximum atomic E-state index is 13.2.